The van der Waals surface area contributed by atoms with Crippen LogP contribution in [0.2, 0.25) is 0 Å². The van der Waals surface area contributed by atoms with Crippen LogP contribution in [0, 0.1) is 6.92 Å². The summed E-state index contributed by atoms with van der Waals surface area (Å²) in [5.41, 5.74) is 5.47. The van der Waals surface area contributed by atoms with Crippen LogP contribution in [-0.2, 0) is 9.59 Å². The molecule has 0 aromatic heterocycles. The summed E-state index contributed by atoms with van der Waals surface area (Å²) in [6, 6.07) is 29.2. The van der Waals surface area contributed by atoms with E-state index in [1.54, 1.807) is 59.5 Å². The SMILES string of the molecule is Cc1ccccc1-c1ccccc1C(=O)Nc1ccc(C(=O)N2CCC(=O)N(CC(=O)NCCN(C)C)c3ccccc32)cc1. The van der Waals surface area contributed by atoms with Crippen LogP contribution in [0.3, 0.4) is 0 Å². The molecule has 4 aromatic rings. The first-order valence-electron chi connectivity index (χ1n) is 14.9. The van der Waals surface area contributed by atoms with E-state index in [0.717, 1.165) is 16.7 Å². The molecule has 5 rings (SSSR count). The minimum Gasteiger partial charge on any atom is -0.353 e. The van der Waals surface area contributed by atoms with Crippen molar-refractivity contribution in [3.8, 4) is 11.1 Å². The molecule has 1 heterocycles. The maximum atomic E-state index is 13.8. The number of nitrogens with one attached hydrogen (secondary N) is 2. The molecule has 45 heavy (non-hydrogen) atoms. The molecule has 9 nitrogen and oxygen atoms in total. The second kappa shape index (κ2) is 14.0. The largest absolute Gasteiger partial charge is 0.353 e. The summed E-state index contributed by atoms with van der Waals surface area (Å²) in [6.07, 6.45) is 0.0693. The topological polar surface area (TPSA) is 102 Å². The first kappa shape index (κ1) is 31.2. The van der Waals surface area contributed by atoms with E-state index in [0.29, 0.717) is 41.3 Å². The van der Waals surface area contributed by atoms with Gasteiger partial charge < -0.3 is 25.3 Å². The Kier molecular flexibility index (Phi) is 9.70. The Balaban J connectivity index is 1.32. The van der Waals surface area contributed by atoms with Crippen molar-refractivity contribution in [2.45, 2.75) is 13.3 Å². The molecule has 2 N–H and O–H groups in total. The van der Waals surface area contributed by atoms with E-state index in [4.69, 9.17) is 0 Å². The van der Waals surface area contributed by atoms with Gasteiger partial charge in [0.15, 0.2) is 0 Å². The standard InChI is InChI=1S/C36H37N5O4/c1-25-10-4-5-11-28(25)29-12-6-7-13-30(29)35(44)38-27-18-16-26(17-19-27)36(45)40-22-20-34(43)41(32-15-9-8-14-31(32)40)24-33(42)37-21-23-39(2)3/h4-19H,20-24H2,1-3H3,(H,37,42)(H,38,44). The molecule has 0 bridgehead atoms. The molecular weight excluding hydrogens is 566 g/mol. The zero-order valence-corrected chi connectivity index (χ0v) is 25.7. The molecule has 1 aliphatic heterocycles. The average molecular weight is 604 g/mol. The fourth-order valence-electron chi connectivity index (χ4n) is 5.36. The maximum Gasteiger partial charge on any atom is 0.258 e. The second-order valence-corrected chi connectivity index (χ2v) is 11.2. The minimum atomic E-state index is -0.282. The summed E-state index contributed by atoms with van der Waals surface area (Å²) in [4.78, 5) is 57.9. The highest BCUT2D eigenvalue weighted by atomic mass is 16.2. The van der Waals surface area contributed by atoms with E-state index in [1.807, 2.05) is 68.4 Å². The van der Waals surface area contributed by atoms with Gasteiger partial charge >= 0.3 is 0 Å². The molecule has 0 radical (unpaired) electrons. The number of nitrogens with zero attached hydrogens (tertiary/aromatic N) is 3. The lowest BCUT2D eigenvalue weighted by Crippen LogP contribution is -2.42. The normalized spacial score (nSPS) is 12.8. The molecule has 4 amide bonds. The van der Waals surface area contributed by atoms with Crippen LogP contribution < -0.4 is 20.4 Å². The van der Waals surface area contributed by atoms with Crippen LogP contribution in [-0.4, -0.2) is 68.8 Å². The molecule has 0 unspecified atom stereocenters. The first-order chi connectivity index (χ1) is 21.7. The van der Waals surface area contributed by atoms with Crippen molar-refractivity contribution in [1.29, 1.82) is 0 Å². The predicted octanol–water partition coefficient (Wildman–Crippen LogP) is 4.98. The molecule has 0 fully saturated rings. The van der Waals surface area contributed by atoms with E-state index in [1.165, 1.54) is 4.90 Å². The zero-order chi connectivity index (χ0) is 31.9. The van der Waals surface area contributed by atoms with Crippen LogP contribution >= 0.6 is 0 Å². The van der Waals surface area contributed by atoms with E-state index in [9.17, 15) is 19.2 Å². The lowest BCUT2D eigenvalue weighted by Gasteiger charge is -2.25. The Hall–Kier alpha value is -5.28. The number of carbonyl (C=O) groups is 4. The summed E-state index contributed by atoms with van der Waals surface area (Å²) in [5.74, 6) is -1.03. The molecule has 0 saturated carbocycles. The fraction of sp³-hybridized carbons (Fsp3) is 0.222. The van der Waals surface area contributed by atoms with Crippen molar-refractivity contribution in [3.63, 3.8) is 0 Å². The summed E-state index contributed by atoms with van der Waals surface area (Å²) in [5, 5.41) is 5.80. The van der Waals surface area contributed by atoms with Gasteiger partial charge in [0.2, 0.25) is 11.8 Å². The number of para-hydroxylation sites is 2. The predicted molar refractivity (Wildman–Crippen MR) is 178 cm³/mol. The molecule has 0 spiro atoms. The van der Waals surface area contributed by atoms with Crippen molar-refractivity contribution >= 4 is 40.7 Å². The number of carbonyl (C=O) groups excluding carboxylic acids is 4. The van der Waals surface area contributed by atoms with Crippen molar-refractivity contribution in [3.05, 3.63) is 114 Å². The molecular formula is C36H37N5O4. The monoisotopic (exact) mass is 603 g/mol. The van der Waals surface area contributed by atoms with Crippen molar-refractivity contribution < 1.29 is 19.2 Å². The number of rotatable bonds is 9. The van der Waals surface area contributed by atoms with Gasteiger partial charge in [0.05, 0.1) is 11.4 Å². The van der Waals surface area contributed by atoms with E-state index in [2.05, 4.69) is 10.6 Å². The van der Waals surface area contributed by atoms with Crippen molar-refractivity contribution in [1.82, 2.24) is 10.2 Å². The number of anilines is 3. The summed E-state index contributed by atoms with van der Waals surface area (Å²) in [6.45, 7) is 3.20. The number of amides is 4. The van der Waals surface area contributed by atoms with Gasteiger partial charge in [-0.2, -0.15) is 0 Å². The Labute approximate surface area is 263 Å². The maximum absolute atomic E-state index is 13.8. The smallest absolute Gasteiger partial charge is 0.258 e. The molecule has 9 heteroatoms. The number of hydrogen-bond donors (Lipinski definition) is 2. The van der Waals surface area contributed by atoms with Crippen LogP contribution in [0.25, 0.3) is 11.1 Å². The summed E-state index contributed by atoms with van der Waals surface area (Å²) in [7, 11) is 3.84. The van der Waals surface area contributed by atoms with Gasteiger partial charge in [0.1, 0.15) is 6.54 Å². The molecule has 230 valence electrons. The lowest BCUT2D eigenvalue weighted by molar-refractivity contribution is -0.123. The van der Waals surface area contributed by atoms with Gasteiger partial charge in [-0.3, -0.25) is 19.2 Å². The molecule has 0 saturated heterocycles. The van der Waals surface area contributed by atoms with Crippen molar-refractivity contribution in [2.75, 3.05) is 55.4 Å². The zero-order valence-electron chi connectivity index (χ0n) is 25.7. The number of likely N-dealkylation sites (N-methyl/N-ethyl adjacent to an activating group) is 1. The Morgan fingerprint density at radius 3 is 2.16 bits per heavy atom. The van der Waals surface area contributed by atoms with Crippen molar-refractivity contribution in [2.24, 2.45) is 0 Å². The highest BCUT2D eigenvalue weighted by molar-refractivity contribution is 6.13. The molecule has 0 atom stereocenters. The highest BCUT2D eigenvalue weighted by Gasteiger charge is 2.30. The van der Waals surface area contributed by atoms with Gasteiger partial charge in [-0.05, 0) is 80.2 Å². The van der Waals surface area contributed by atoms with Crippen LogP contribution in [0.4, 0.5) is 17.1 Å². The highest BCUT2D eigenvalue weighted by Crippen LogP contribution is 2.34. The number of benzene rings is 4. The fourth-order valence-corrected chi connectivity index (χ4v) is 5.36. The first-order valence-corrected chi connectivity index (χ1v) is 14.9. The molecule has 4 aromatic carbocycles. The van der Waals surface area contributed by atoms with E-state index >= 15 is 0 Å². The Morgan fingerprint density at radius 1 is 0.800 bits per heavy atom. The van der Waals surface area contributed by atoms with Crippen LogP contribution in [0.1, 0.15) is 32.7 Å². The number of aryl methyl sites for hydroxylation is 1. The Morgan fingerprint density at radius 2 is 1.44 bits per heavy atom. The van der Waals surface area contributed by atoms with Gasteiger partial charge in [0.25, 0.3) is 11.8 Å². The molecule has 0 aliphatic carbocycles. The second-order valence-electron chi connectivity index (χ2n) is 11.2. The third-order valence-electron chi connectivity index (χ3n) is 7.74. The van der Waals surface area contributed by atoms with E-state index < -0.39 is 0 Å². The van der Waals surface area contributed by atoms with Gasteiger partial charge in [-0.25, -0.2) is 0 Å². The Bertz CT molecular complexity index is 1720. The summed E-state index contributed by atoms with van der Waals surface area (Å²) >= 11 is 0. The quantitative estimate of drug-likeness (QED) is 0.281. The van der Waals surface area contributed by atoms with Gasteiger partial charge in [-0.1, -0.05) is 54.6 Å². The lowest BCUT2D eigenvalue weighted by atomic mass is 9.95. The van der Waals surface area contributed by atoms with Crippen LogP contribution in [0.5, 0.6) is 0 Å². The van der Waals surface area contributed by atoms with Crippen LogP contribution in [0.15, 0.2) is 97.1 Å². The van der Waals surface area contributed by atoms with Gasteiger partial charge in [-0.15, -0.1) is 0 Å². The minimum absolute atomic E-state index is 0.0693. The third-order valence-corrected chi connectivity index (χ3v) is 7.74. The van der Waals surface area contributed by atoms with E-state index in [-0.39, 0.29) is 43.1 Å². The van der Waals surface area contributed by atoms with Gasteiger partial charge in [0, 0.05) is 42.9 Å². The number of hydrogen-bond acceptors (Lipinski definition) is 5. The average Bonchev–Trinajstić information content (AvgIpc) is 3.17. The third kappa shape index (κ3) is 7.27. The molecule has 1 aliphatic rings. The number of fused-ring (bicyclic) bond motifs is 1. The summed E-state index contributed by atoms with van der Waals surface area (Å²) < 4.78 is 0.